The first-order chi connectivity index (χ1) is 11.3. The average molecular weight is 348 g/mol. The first kappa shape index (κ1) is 18.7. The number of nitrogens with zero attached hydrogens (tertiary/aromatic N) is 1. The van der Waals surface area contributed by atoms with Gasteiger partial charge in [-0.3, -0.25) is 4.79 Å². The number of benzene rings is 1. The molecular weight excluding hydrogens is 328 g/mol. The van der Waals surface area contributed by atoms with Gasteiger partial charge in [-0.1, -0.05) is 0 Å². The van der Waals surface area contributed by atoms with Crippen LogP contribution in [0.3, 0.4) is 0 Å². The van der Waals surface area contributed by atoms with E-state index in [2.05, 4.69) is 10.2 Å². The Balaban J connectivity index is 1.94. The molecule has 1 aromatic carbocycles. The van der Waals surface area contributed by atoms with Gasteiger partial charge in [0, 0.05) is 38.3 Å². The van der Waals surface area contributed by atoms with E-state index in [1.54, 1.807) is 7.11 Å². The number of methoxy groups -OCH3 is 1. The van der Waals surface area contributed by atoms with Crippen LogP contribution in [0.1, 0.15) is 28.8 Å². The van der Waals surface area contributed by atoms with E-state index in [1.807, 2.05) is 0 Å². The molecule has 0 atom stereocenters. The number of piperidine rings is 1. The van der Waals surface area contributed by atoms with Crippen LogP contribution in [0.2, 0.25) is 0 Å². The second-order valence-electron chi connectivity index (χ2n) is 5.77. The van der Waals surface area contributed by atoms with Gasteiger partial charge in [-0.25, -0.2) is 4.39 Å². The highest BCUT2D eigenvalue weighted by molar-refractivity contribution is 5.94. The molecule has 24 heavy (non-hydrogen) atoms. The third-order valence-electron chi connectivity index (χ3n) is 4.07. The van der Waals surface area contributed by atoms with E-state index in [1.165, 1.54) is 0 Å². The molecule has 1 saturated heterocycles. The van der Waals surface area contributed by atoms with Gasteiger partial charge in [-0.15, -0.1) is 0 Å². The van der Waals surface area contributed by atoms with Crippen molar-refractivity contribution < 1.29 is 27.1 Å². The molecule has 0 spiro atoms. The maximum atomic E-state index is 13.3. The SMILES string of the molecule is COCCN1CCC(NC(=O)c2ccc(F)c(C(F)(F)F)c2)CC1. The van der Waals surface area contributed by atoms with Crippen molar-refractivity contribution in [3.63, 3.8) is 0 Å². The van der Waals surface area contributed by atoms with Crippen molar-refractivity contribution in [3.8, 4) is 0 Å². The van der Waals surface area contributed by atoms with E-state index < -0.39 is 23.5 Å². The topological polar surface area (TPSA) is 41.6 Å². The fraction of sp³-hybridized carbons (Fsp3) is 0.562. The van der Waals surface area contributed by atoms with Gasteiger partial charge in [0.05, 0.1) is 12.2 Å². The highest BCUT2D eigenvalue weighted by Gasteiger charge is 2.34. The number of rotatable bonds is 5. The summed E-state index contributed by atoms with van der Waals surface area (Å²) in [6, 6.07) is 2.19. The van der Waals surface area contributed by atoms with E-state index in [9.17, 15) is 22.4 Å². The fourth-order valence-corrected chi connectivity index (χ4v) is 2.67. The Kier molecular flexibility index (Phi) is 6.17. The molecule has 1 aromatic rings. The molecule has 0 aliphatic carbocycles. The molecule has 8 heteroatoms. The molecule has 0 aromatic heterocycles. The Hall–Kier alpha value is -1.67. The third kappa shape index (κ3) is 4.91. The van der Waals surface area contributed by atoms with Crippen molar-refractivity contribution in [3.05, 3.63) is 35.1 Å². The smallest absolute Gasteiger partial charge is 0.383 e. The molecule has 4 nitrogen and oxygen atoms in total. The van der Waals surface area contributed by atoms with Crippen LogP contribution >= 0.6 is 0 Å². The molecular formula is C16H20F4N2O2. The van der Waals surface area contributed by atoms with E-state index >= 15 is 0 Å². The highest BCUT2D eigenvalue weighted by atomic mass is 19.4. The zero-order valence-corrected chi connectivity index (χ0v) is 13.3. The predicted octanol–water partition coefficient (Wildman–Crippen LogP) is 2.69. The van der Waals surface area contributed by atoms with Gasteiger partial charge >= 0.3 is 6.18 Å². The summed E-state index contributed by atoms with van der Waals surface area (Å²) in [6.45, 7) is 3.01. The Labute approximate surface area is 137 Å². The third-order valence-corrected chi connectivity index (χ3v) is 4.07. The maximum absolute atomic E-state index is 13.3. The number of amides is 1. The molecule has 1 amide bonds. The number of halogens is 4. The number of carbonyl (C=O) groups is 1. The minimum atomic E-state index is -4.83. The summed E-state index contributed by atoms with van der Waals surface area (Å²) in [5.41, 5.74) is -1.62. The first-order valence-electron chi connectivity index (χ1n) is 7.70. The summed E-state index contributed by atoms with van der Waals surface area (Å²) in [6.07, 6.45) is -3.40. The minimum Gasteiger partial charge on any atom is -0.383 e. The Morgan fingerprint density at radius 2 is 2.00 bits per heavy atom. The molecule has 1 aliphatic heterocycles. The Morgan fingerprint density at radius 3 is 2.58 bits per heavy atom. The molecule has 134 valence electrons. The molecule has 1 aliphatic rings. The zero-order chi connectivity index (χ0) is 17.7. The van der Waals surface area contributed by atoms with Gasteiger partial charge in [0.1, 0.15) is 5.82 Å². The molecule has 1 heterocycles. The largest absolute Gasteiger partial charge is 0.419 e. The highest BCUT2D eigenvalue weighted by Crippen LogP contribution is 2.31. The monoisotopic (exact) mass is 348 g/mol. The van der Waals surface area contributed by atoms with Gasteiger partial charge in [0.15, 0.2) is 0 Å². The summed E-state index contributed by atoms with van der Waals surface area (Å²) < 4.78 is 56.4. The van der Waals surface area contributed by atoms with Crippen LogP contribution in [0.15, 0.2) is 18.2 Å². The molecule has 0 bridgehead atoms. The number of nitrogens with one attached hydrogen (secondary N) is 1. The number of ether oxygens (including phenoxy) is 1. The lowest BCUT2D eigenvalue weighted by molar-refractivity contribution is -0.140. The van der Waals surface area contributed by atoms with E-state index in [4.69, 9.17) is 4.74 Å². The normalized spacial score (nSPS) is 17.0. The molecule has 2 rings (SSSR count). The van der Waals surface area contributed by atoms with Crippen molar-refractivity contribution in [2.75, 3.05) is 33.4 Å². The van der Waals surface area contributed by atoms with Gasteiger partial charge in [0.25, 0.3) is 5.91 Å². The van der Waals surface area contributed by atoms with Crippen molar-refractivity contribution in [1.82, 2.24) is 10.2 Å². The van der Waals surface area contributed by atoms with Crippen LogP contribution in [0.5, 0.6) is 0 Å². The van der Waals surface area contributed by atoms with Crippen molar-refractivity contribution >= 4 is 5.91 Å². The second-order valence-corrected chi connectivity index (χ2v) is 5.77. The first-order valence-corrected chi connectivity index (χ1v) is 7.70. The number of hydrogen-bond acceptors (Lipinski definition) is 3. The van der Waals surface area contributed by atoms with E-state index in [0.717, 1.165) is 25.7 Å². The molecule has 0 saturated carbocycles. The summed E-state index contributed by atoms with van der Waals surface area (Å²) in [7, 11) is 1.63. The van der Waals surface area contributed by atoms with Crippen molar-refractivity contribution in [2.24, 2.45) is 0 Å². The molecule has 1 N–H and O–H groups in total. The maximum Gasteiger partial charge on any atom is 0.419 e. The predicted molar refractivity (Wildman–Crippen MR) is 80.2 cm³/mol. The summed E-state index contributed by atoms with van der Waals surface area (Å²) >= 11 is 0. The van der Waals surface area contributed by atoms with Gasteiger partial charge < -0.3 is 15.0 Å². The van der Waals surface area contributed by atoms with Crippen LogP contribution in [0, 0.1) is 5.82 Å². The number of carbonyl (C=O) groups excluding carboxylic acids is 1. The lowest BCUT2D eigenvalue weighted by Gasteiger charge is -2.32. The lowest BCUT2D eigenvalue weighted by atomic mass is 10.0. The average Bonchev–Trinajstić information content (AvgIpc) is 2.53. The summed E-state index contributed by atoms with van der Waals surface area (Å²) in [5.74, 6) is -2.00. The standard InChI is InChI=1S/C16H20F4N2O2/c1-24-9-8-22-6-4-12(5-7-22)21-15(23)11-2-3-14(17)13(10-11)16(18,19)20/h2-3,10,12H,4-9H2,1H3,(H,21,23). The second kappa shape index (κ2) is 7.94. The summed E-state index contributed by atoms with van der Waals surface area (Å²) in [4.78, 5) is 14.3. The number of likely N-dealkylation sites (tertiary alicyclic amines) is 1. The van der Waals surface area contributed by atoms with Crippen LogP contribution in [0.4, 0.5) is 17.6 Å². The van der Waals surface area contributed by atoms with Gasteiger partial charge in [-0.2, -0.15) is 13.2 Å². The van der Waals surface area contributed by atoms with E-state index in [0.29, 0.717) is 31.6 Å². The minimum absolute atomic E-state index is 0.101. The van der Waals surface area contributed by atoms with Crippen LogP contribution in [0.25, 0.3) is 0 Å². The lowest BCUT2D eigenvalue weighted by Crippen LogP contribution is -2.45. The van der Waals surface area contributed by atoms with Crippen molar-refractivity contribution in [1.29, 1.82) is 0 Å². The Morgan fingerprint density at radius 1 is 1.33 bits per heavy atom. The van der Waals surface area contributed by atoms with E-state index in [-0.39, 0.29) is 11.6 Å². The van der Waals surface area contributed by atoms with Crippen LogP contribution in [-0.4, -0.2) is 50.2 Å². The van der Waals surface area contributed by atoms with Crippen LogP contribution < -0.4 is 5.32 Å². The van der Waals surface area contributed by atoms with Gasteiger partial charge in [-0.05, 0) is 31.0 Å². The van der Waals surface area contributed by atoms with Crippen molar-refractivity contribution in [2.45, 2.75) is 25.1 Å². The Bertz CT molecular complexity index is 570. The number of hydrogen-bond donors (Lipinski definition) is 1. The molecule has 0 radical (unpaired) electrons. The molecule has 1 fully saturated rings. The quantitative estimate of drug-likeness (QED) is 0.832. The summed E-state index contributed by atoms with van der Waals surface area (Å²) in [5, 5.41) is 2.72. The zero-order valence-electron chi connectivity index (χ0n) is 13.3. The number of alkyl halides is 3. The van der Waals surface area contributed by atoms with Crippen LogP contribution in [-0.2, 0) is 10.9 Å². The fourth-order valence-electron chi connectivity index (χ4n) is 2.67. The molecule has 0 unspecified atom stereocenters. The van der Waals surface area contributed by atoms with Gasteiger partial charge in [0.2, 0.25) is 0 Å².